The van der Waals surface area contributed by atoms with Crippen molar-refractivity contribution in [2.45, 2.75) is 32.9 Å². The summed E-state index contributed by atoms with van der Waals surface area (Å²) in [4.78, 5) is 6.75. The zero-order chi connectivity index (χ0) is 15.2. The number of hydrogen-bond acceptors (Lipinski definition) is 4. The van der Waals surface area contributed by atoms with Crippen molar-refractivity contribution in [1.29, 1.82) is 0 Å². The summed E-state index contributed by atoms with van der Waals surface area (Å²) < 4.78 is 1.83. The van der Waals surface area contributed by atoms with Crippen molar-refractivity contribution in [2.75, 3.05) is 18.5 Å². The van der Waals surface area contributed by atoms with Gasteiger partial charge in [-0.1, -0.05) is 13.0 Å². The van der Waals surface area contributed by atoms with Gasteiger partial charge in [0, 0.05) is 50.2 Å². The number of aryl methyl sites for hydroxylation is 1. The molecule has 114 valence electrons. The topological polar surface area (TPSA) is 46.0 Å². The molecule has 21 heavy (non-hydrogen) atoms. The van der Waals surface area contributed by atoms with Gasteiger partial charge in [-0.25, -0.2) is 4.98 Å². The quantitative estimate of drug-likeness (QED) is 0.850. The van der Waals surface area contributed by atoms with Gasteiger partial charge in [0.2, 0.25) is 0 Å². The predicted octanol–water partition coefficient (Wildman–Crippen LogP) is 2.51. The number of anilines is 1. The molecule has 0 saturated heterocycles. The highest BCUT2D eigenvalue weighted by Gasteiger charge is 2.14. The fourth-order valence-electron chi connectivity index (χ4n) is 2.44. The maximum absolute atomic E-state index is 4.57. The molecule has 2 rings (SSSR count). The molecule has 0 bridgehead atoms. The predicted molar refractivity (Wildman–Crippen MR) is 86.3 cm³/mol. The third-order valence-electron chi connectivity index (χ3n) is 3.52. The Labute approximate surface area is 127 Å². The molecule has 2 aromatic rings. The van der Waals surface area contributed by atoms with E-state index in [9.17, 15) is 0 Å². The van der Waals surface area contributed by atoms with Gasteiger partial charge in [0.05, 0.1) is 6.20 Å². The Morgan fingerprint density at radius 2 is 2.24 bits per heavy atom. The Balaban J connectivity index is 2.14. The van der Waals surface area contributed by atoms with Gasteiger partial charge >= 0.3 is 0 Å². The zero-order valence-corrected chi connectivity index (χ0v) is 13.4. The van der Waals surface area contributed by atoms with Crippen molar-refractivity contribution < 1.29 is 0 Å². The van der Waals surface area contributed by atoms with Crippen molar-refractivity contribution >= 4 is 5.82 Å². The highest BCUT2D eigenvalue weighted by atomic mass is 15.2. The smallest absolute Gasteiger partial charge is 0.133 e. The van der Waals surface area contributed by atoms with E-state index in [1.165, 1.54) is 11.1 Å². The van der Waals surface area contributed by atoms with Crippen LogP contribution in [-0.4, -0.2) is 28.4 Å². The number of rotatable bonds is 7. The summed E-state index contributed by atoms with van der Waals surface area (Å²) in [6.07, 6.45) is 6.92. The molecule has 0 radical (unpaired) electrons. The molecule has 5 heteroatoms. The van der Waals surface area contributed by atoms with Gasteiger partial charge in [-0.15, -0.1) is 0 Å². The maximum Gasteiger partial charge on any atom is 0.133 e. The first kappa shape index (κ1) is 15.5. The Bertz CT molecular complexity index is 563. The Kier molecular flexibility index (Phi) is 5.33. The van der Waals surface area contributed by atoms with Gasteiger partial charge in [0.1, 0.15) is 5.82 Å². The van der Waals surface area contributed by atoms with Crippen molar-refractivity contribution in [3.63, 3.8) is 0 Å². The van der Waals surface area contributed by atoms with E-state index in [0.717, 1.165) is 25.3 Å². The summed E-state index contributed by atoms with van der Waals surface area (Å²) in [7, 11) is 4.01. The van der Waals surface area contributed by atoms with E-state index in [4.69, 9.17) is 0 Å². The molecule has 0 fully saturated rings. The van der Waals surface area contributed by atoms with E-state index >= 15 is 0 Å². The van der Waals surface area contributed by atoms with Crippen LogP contribution in [-0.2, 0) is 13.6 Å². The second-order valence-electron chi connectivity index (χ2n) is 5.47. The number of aromatic nitrogens is 3. The van der Waals surface area contributed by atoms with Gasteiger partial charge in [0.25, 0.3) is 0 Å². The average Bonchev–Trinajstić information content (AvgIpc) is 2.89. The minimum atomic E-state index is 0.296. The van der Waals surface area contributed by atoms with Crippen molar-refractivity contribution in [1.82, 2.24) is 20.1 Å². The van der Waals surface area contributed by atoms with E-state index in [2.05, 4.69) is 47.3 Å². The van der Waals surface area contributed by atoms with Crippen molar-refractivity contribution in [3.05, 3.63) is 41.9 Å². The molecule has 0 aliphatic rings. The van der Waals surface area contributed by atoms with Gasteiger partial charge in [-0.2, -0.15) is 5.10 Å². The van der Waals surface area contributed by atoms with Crippen LogP contribution >= 0.6 is 0 Å². The fraction of sp³-hybridized carbons (Fsp3) is 0.500. The first-order chi connectivity index (χ1) is 10.1. The van der Waals surface area contributed by atoms with Gasteiger partial charge in [-0.3, -0.25) is 4.68 Å². The molecule has 1 atom stereocenters. The lowest BCUT2D eigenvalue weighted by molar-refractivity contribution is 0.568. The monoisotopic (exact) mass is 287 g/mol. The molecule has 5 nitrogen and oxygen atoms in total. The Morgan fingerprint density at radius 3 is 2.90 bits per heavy atom. The van der Waals surface area contributed by atoms with Crippen molar-refractivity contribution in [2.24, 2.45) is 7.05 Å². The van der Waals surface area contributed by atoms with Crippen LogP contribution in [0.25, 0.3) is 0 Å². The SMILES string of the molecule is CCCNC(C)c1cccnc1N(C)Cc1cnn(C)c1. The molecule has 2 aromatic heterocycles. The van der Waals surface area contributed by atoms with E-state index in [0.29, 0.717) is 6.04 Å². The molecule has 0 amide bonds. The van der Waals surface area contributed by atoms with Crippen LogP contribution in [0.3, 0.4) is 0 Å². The lowest BCUT2D eigenvalue weighted by Crippen LogP contribution is -2.24. The third kappa shape index (κ3) is 4.04. The number of hydrogen-bond donors (Lipinski definition) is 1. The Morgan fingerprint density at radius 1 is 1.43 bits per heavy atom. The van der Waals surface area contributed by atoms with Crippen LogP contribution in [0.15, 0.2) is 30.7 Å². The normalized spacial score (nSPS) is 12.4. The largest absolute Gasteiger partial charge is 0.355 e. The second-order valence-corrected chi connectivity index (χ2v) is 5.47. The van der Waals surface area contributed by atoms with E-state index < -0.39 is 0 Å². The summed E-state index contributed by atoms with van der Waals surface area (Å²) in [5.74, 6) is 1.03. The molecular formula is C16H25N5. The summed E-state index contributed by atoms with van der Waals surface area (Å²) in [6, 6.07) is 4.45. The minimum Gasteiger partial charge on any atom is -0.355 e. The van der Waals surface area contributed by atoms with Crippen molar-refractivity contribution in [3.8, 4) is 0 Å². The lowest BCUT2D eigenvalue weighted by atomic mass is 10.1. The van der Waals surface area contributed by atoms with Crippen LogP contribution in [0.1, 0.15) is 37.4 Å². The third-order valence-corrected chi connectivity index (χ3v) is 3.52. The molecule has 1 N–H and O–H groups in total. The highest BCUT2D eigenvalue weighted by Crippen LogP contribution is 2.24. The van der Waals surface area contributed by atoms with Crippen LogP contribution < -0.4 is 10.2 Å². The Hall–Kier alpha value is -1.88. The van der Waals surface area contributed by atoms with Crippen LogP contribution in [0.2, 0.25) is 0 Å². The molecule has 0 aromatic carbocycles. The summed E-state index contributed by atoms with van der Waals surface area (Å²) in [5, 5.41) is 7.75. The molecule has 0 saturated carbocycles. The first-order valence-corrected chi connectivity index (χ1v) is 7.48. The molecular weight excluding hydrogens is 262 g/mol. The second kappa shape index (κ2) is 7.22. The molecule has 0 spiro atoms. The number of nitrogens with one attached hydrogen (secondary N) is 1. The highest BCUT2D eigenvalue weighted by molar-refractivity contribution is 5.48. The molecule has 0 aliphatic carbocycles. The van der Waals surface area contributed by atoms with Crippen LogP contribution in [0.4, 0.5) is 5.82 Å². The van der Waals surface area contributed by atoms with Crippen LogP contribution in [0.5, 0.6) is 0 Å². The minimum absolute atomic E-state index is 0.296. The first-order valence-electron chi connectivity index (χ1n) is 7.48. The maximum atomic E-state index is 4.57. The summed E-state index contributed by atoms with van der Waals surface area (Å²) in [6.45, 7) is 6.19. The molecule has 2 heterocycles. The summed E-state index contributed by atoms with van der Waals surface area (Å²) in [5.41, 5.74) is 2.42. The average molecular weight is 287 g/mol. The lowest BCUT2D eigenvalue weighted by Gasteiger charge is -2.24. The van der Waals surface area contributed by atoms with E-state index in [1.54, 1.807) is 0 Å². The zero-order valence-electron chi connectivity index (χ0n) is 13.4. The molecule has 0 aliphatic heterocycles. The fourth-order valence-corrected chi connectivity index (χ4v) is 2.44. The summed E-state index contributed by atoms with van der Waals surface area (Å²) >= 11 is 0. The number of nitrogens with zero attached hydrogens (tertiary/aromatic N) is 4. The van der Waals surface area contributed by atoms with Crippen LogP contribution in [0, 0.1) is 0 Å². The van der Waals surface area contributed by atoms with E-state index in [-0.39, 0.29) is 0 Å². The molecule has 1 unspecified atom stereocenters. The van der Waals surface area contributed by atoms with Gasteiger partial charge in [0.15, 0.2) is 0 Å². The number of pyridine rings is 1. The standard InChI is InChI=1S/C16H25N5/c1-5-8-17-13(2)15-7-6-9-18-16(15)20(3)11-14-10-19-21(4)12-14/h6-7,9-10,12-13,17H,5,8,11H2,1-4H3. The van der Waals surface area contributed by atoms with Gasteiger partial charge in [-0.05, 0) is 26.0 Å². The van der Waals surface area contributed by atoms with Gasteiger partial charge < -0.3 is 10.2 Å². The van der Waals surface area contributed by atoms with E-state index in [1.807, 2.05) is 36.4 Å².